The summed E-state index contributed by atoms with van der Waals surface area (Å²) >= 11 is 0. The van der Waals surface area contributed by atoms with Crippen LogP contribution in [0.3, 0.4) is 0 Å². The summed E-state index contributed by atoms with van der Waals surface area (Å²) in [5.41, 5.74) is 1.24. The average Bonchev–Trinajstić information content (AvgIpc) is 2.83. The molecule has 1 aliphatic rings. The lowest BCUT2D eigenvalue weighted by molar-refractivity contribution is -0.128. The summed E-state index contributed by atoms with van der Waals surface area (Å²) in [5.74, 6) is 0.434. The van der Waals surface area contributed by atoms with Gasteiger partial charge in [0, 0.05) is 31.0 Å². The van der Waals surface area contributed by atoms with Crippen LogP contribution >= 0.6 is 0 Å². The molecule has 8 nitrogen and oxygen atoms in total. The molecule has 0 aliphatic carbocycles. The maximum atomic E-state index is 13.2. The topological polar surface area (TPSA) is 90.0 Å². The molecule has 0 radical (unpaired) electrons. The van der Waals surface area contributed by atoms with E-state index in [-0.39, 0.29) is 17.2 Å². The zero-order valence-corrected chi connectivity index (χ0v) is 18.0. The van der Waals surface area contributed by atoms with Crippen LogP contribution in [0.2, 0.25) is 0 Å². The fraction of sp³-hybridized carbons (Fsp3) is 0.348. The molecule has 1 N–H and O–H groups in total. The number of piperidine rings is 1. The Labute approximate surface area is 181 Å². The Bertz CT molecular complexity index is 928. The molecule has 0 atom stereocenters. The number of nitrogens with zero attached hydrogens (tertiary/aromatic N) is 2. The normalized spacial score (nSPS) is 14.0. The Balaban J connectivity index is 1.93. The molecule has 1 saturated heterocycles. The van der Waals surface area contributed by atoms with E-state index in [2.05, 4.69) is 10.3 Å². The van der Waals surface area contributed by atoms with Crippen LogP contribution in [0.5, 0.6) is 17.2 Å². The van der Waals surface area contributed by atoms with E-state index in [1.54, 1.807) is 47.6 Å². The first kappa shape index (κ1) is 22.1. The van der Waals surface area contributed by atoms with Gasteiger partial charge in [0.05, 0.1) is 21.3 Å². The summed E-state index contributed by atoms with van der Waals surface area (Å²) in [5, 5.41) is 2.78. The van der Waals surface area contributed by atoms with E-state index >= 15 is 0 Å². The Hall–Kier alpha value is -3.55. The number of amides is 2. The molecule has 164 valence electrons. The third-order valence-corrected chi connectivity index (χ3v) is 5.07. The van der Waals surface area contributed by atoms with Crippen molar-refractivity contribution in [3.05, 3.63) is 53.5 Å². The van der Waals surface area contributed by atoms with Crippen LogP contribution in [0, 0.1) is 0 Å². The largest absolute Gasteiger partial charge is 0.493 e. The zero-order chi connectivity index (χ0) is 22.2. The van der Waals surface area contributed by atoms with Crippen LogP contribution in [0.15, 0.2) is 42.4 Å². The van der Waals surface area contributed by atoms with E-state index in [0.29, 0.717) is 30.3 Å². The van der Waals surface area contributed by atoms with Crippen molar-refractivity contribution in [1.29, 1.82) is 0 Å². The van der Waals surface area contributed by atoms with Crippen molar-refractivity contribution in [3.63, 3.8) is 0 Å². The highest BCUT2D eigenvalue weighted by Gasteiger charge is 2.24. The molecule has 1 fully saturated rings. The molecule has 3 rings (SSSR count). The van der Waals surface area contributed by atoms with E-state index in [0.717, 1.165) is 24.8 Å². The SMILES string of the molecule is COc1cc(C(=O)N/C(=C\c2ccncc2)C(=O)N2CCCCC2)cc(OC)c1OC. The first-order valence-electron chi connectivity index (χ1n) is 10.1. The van der Waals surface area contributed by atoms with Crippen molar-refractivity contribution < 1.29 is 23.8 Å². The first-order chi connectivity index (χ1) is 15.1. The van der Waals surface area contributed by atoms with Crippen molar-refractivity contribution >= 4 is 17.9 Å². The van der Waals surface area contributed by atoms with E-state index in [4.69, 9.17) is 14.2 Å². The third kappa shape index (κ3) is 5.33. The van der Waals surface area contributed by atoms with E-state index in [9.17, 15) is 9.59 Å². The highest BCUT2D eigenvalue weighted by atomic mass is 16.5. The van der Waals surface area contributed by atoms with Gasteiger partial charge in [-0.1, -0.05) is 0 Å². The Morgan fingerprint density at radius 1 is 0.968 bits per heavy atom. The van der Waals surface area contributed by atoms with Crippen LogP contribution in [0.25, 0.3) is 6.08 Å². The second-order valence-electron chi connectivity index (χ2n) is 7.06. The van der Waals surface area contributed by atoms with Gasteiger partial charge in [0.1, 0.15) is 5.70 Å². The Kier molecular flexibility index (Phi) is 7.48. The van der Waals surface area contributed by atoms with Crippen molar-refractivity contribution in [3.8, 4) is 17.2 Å². The number of nitrogens with one attached hydrogen (secondary N) is 1. The van der Waals surface area contributed by atoms with Crippen molar-refractivity contribution in [2.45, 2.75) is 19.3 Å². The van der Waals surface area contributed by atoms with E-state index in [1.807, 2.05) is 0 Å². The molecule has 0 spiro atoms. The van der Waals surface area contributed by atoms with Crippen molar-refractivity contribution in [2.24, 2.45) is 0 Å². The summed E-state index contributed by atoms with van der Waals surface area (Å²) < 4.78 is 16.0. The van der Waals surface area contributed by atoms with Crippen LogP contribution in [0.1, 0.15) is 35.2 Å². The maximum absolute atomic E-state index is 13.2. The minimum atomic E-state index is -0.454. The van der Waals surface area contributed by atoms with Gasteiger partial charge in [-0.3, -0.25) is 14.6 Å². The number of carbonyl (C=O) groups is 2. The van der Waals surface area contributed by atoms with Crippen molar-refractivity contribution in [1.82, 2.24) is 15.2 Å². The lowest BCUT2D eigenvalue weighted by atomic mass is 10.1. The molecule has 8 heteroatoms. The minimum Gasteiger partial charge on any atom is -0.493 e. The van der Waals surface area contributed by atoms with Gasteiger partial charge in [0.2, 0.25) is 5.75 Å². The van der Waals surface area contributed by atoms with Crippen LogP contribution in [-0.2, 0) is 4.79 Å². The number of ether oxygens (including phenoxy) is 3. The predicted molar refractivity (Wildman–Crippen MR) is 116 cm³/mol. The molecule has 2 heterocycles. The van der Waals surface area contributed by atoms with Crippen molar-refractivity contribution in [2.75, 3.05) is 34.4 Å². The molecular weight excluding hydrogens is 398 g/mol. The van der Waals surface area contributed by atoms with Gasteiger partial charge < -0.3 is 24.4 Å². The summed E-state index contributed by atoms with van der Waals surface area (Å²) in [6.45, 7) is 1.35. The fourth-order valence-corrected chi connectivity index (χ4v) is 3.45. The Morgan fingerprint density at radius 2 is 1.58 bits per heavy atom. The molecule has 1 aromatic carbocycles. The number of carbonyl (C=O) groups excluding carboxylic acids is 2. The van der Waals surface area contributed by atoms with Crippen LogP contribution < -0.4 is 19.5 Å². The van der Waals surface area contributed by atoms with Gasteiger partial charge >= 0.3 is 0 Å². The number of hydrogen-bond acceptors (Lipinski definition) is 6. The molecule has 0 saturated carbocycles. The minimum absolute atomic E-state index is 0.201. The lowest BCUT2D eigenvalue weighted by Crippen LogP contribution is -2.41. The number of benzene rings is 1. The smallest absolute Gasteiger partial charge is 0.270 e. The van der Waals surface area contributed by atoms with E-state index < -0.39 is 5.91 Å². The molecule has 31 heavy (non-hydrogen) atoms. The molecule has 0 unspecified atom stereocenters. The summed E-state index contributed by atoms with van der Waals surface area (Å²) in [6.07, 6.45) is 7.94. The molecular formula is C23H27N3O5. The standard InChI is InChI=1S/C23H27N3O5/c1-29-19-14-17(15-20(30-2)21(19)31-3)22(27)25-18(13-16-7-9-24-10-8-16)23(28)26-11-5-4-6-12-26/h7-10,13-15H,4-6,11-12H2,1-3H3,(H,25,27)/b18-13-. The number of aromatic nitrogens is 1. The lowest BCUT2D eigenvalue weighted by Gasteiger charge is -2.27. The van der Waals surface area contributed by atoms with Crippen LogP contribution in [-0.4, -0.2) is 56.1 Å². The van der Waals surface area contributed by atoms with Gasteiger partial charge in [-0.2, -0.15) is 0 Å². The quantitative estimate of drug-likeness (QED) is 0.686. The zero-order valence-electron chi connectivity index (χ0n) is 18.0. The van der Waals surface area contributed by atoms with Gasteiger partial charge in [-0.25, -0.2) is 0 Å². The number of pyridine rings is 1. The highest BCUT2D eigenvalue weighted by molar-refractivity contribution is 6.05. The van der Waals surface area contributed by atoms with E-state index in [1.165, 1.54) is 21.3 Å². The van der Waals surface area contributed by atoms with Gasteiger partial charge in [-0.15, -0.1) is 0 Å². The molecule has 2 amide bonds. The summed E-state index contributed by atoms with van der Waals surface area (Å²) in [7, 11) is 4.45. The predicted octanol–water partition coefficient (Wildman–Crippen LogP) is 2.89. The average molecular weight is 425 g/mol. The monoisotopic (exact) mass is 425 g/mol. The number of hydrogen-bond donors (Lipinski definition) is 1. The number of rotatable bonds is 7. The summed E-state index contributed by atoms with van der Waals surface area (Å²) in [6, 6.07) is 6.64. The molecule has 2 aromatic rings. The molecule has 1 aliphatic heterocycles. The van der Waals surface area contributed by atoms with Crippen LogP contribution in [0.4, 0.5) is 0 Å². The highest BCUT2D eigenvalue weighted by Crippen LogP contribution is 2.38. The number of likely N-dealkylation sites (tertiary alicyclic amines) is 1. The molecule has 0 bridgehead atoms. The van der Waals surface area contributed by atoms with Gasteiger partial charge in [0.15, 0.2) is 11.5 Å². The second kappa shape index (κ2) is 10.5. The number of methoxy groups -OCH3 is 3. The van der Waals surface area contributed by atoms with Gasteiger partial charge in [-0.05, 0) is 55.2 Å². The molecule has 1 aromatic heterocycles. The second-order valence-corrected chi connectivity index (χ2v) is 7.06. The van der Waals surface area contributed by atoms with Gasteiger partial charge in [0.25, 0.3) is 11.8 Å². The Morgan fingerprint density at radius 3 is 2.13 bits per heavy atom. The first-order valence-corrected chi connectivity index (χ1v) is 10.1. The maximum Gasteiger partial charge on any atom is 0.270 e. The third-order valence-electron chi connectivity index (χ3n) is 5.07. The fourth-order valence-electron chi connectivity index (χ4n) is 3.45. The summed E-state index contributed by atoms with van der Waals surface area (Å²) in [4.78, 5) is 32.0.